The molecule has 0 bridgehead atoms. The number of likely N-dealkylation sites (tertiary alicyclic amines) is 1. The molecule has 0 aliphatic carbocycles. The number of hydrogen-bond donors (Lipinski definition) is 2. The normalized spacial score (nSPS) is 14.5. The molecule has 2 amide bonds. The van der Waals surface area contributed by atoms with Crippen molar-refractivity contribution < 1.29 is 31.6 Å². The summed E-state index contributed by atoms with van der Waals surface area (Å²) in [5, 5.41) is 3.20. The molecule has 0 radical (unpaired) electrons. The van der Waals surface area contributed by atoms with Crippen molar-refractivity contribution in [3.8, 4) is 22.3 Å². The van der Waals surface area contributed by atoms with Gasteiger partial charge in [-0.05, 0) is 77.4 Å². The number of benzene rings is 3. The third kappa shape index (κ3) is 7.15. The lowest BCUT2D eigenvalue weighted by atomic mass is 9.95. The number of halogens is 5. The Kier molecular flexibility index (Phi) is 8.74. The van der Waals surface area contributed by atoms with Gasteiger partial charge in [-0.2, -0.15) is 0 Å². The molecule has 0 atom stereocenters. The highest BCUT2D eigenvalue weighted by molar-refractivity contribution is 6.31. The second kappa shape index (κ2) is 12.9. The number of rotatable bonds is 7. The number of piperidine rings is 1. The fraction of sp³-hybridized carbons (Fsp3) is 0.171. The Labute approximate surface area is 271 Å². The quantitative estimate of drug-likeness (QED) is 0.136. The van der Waals surface area contributed by atoms with Crippen LogP contribution in [0.5, 0.6) is 0 Å². The van der Waals surface area contributed by atoms with Crippen LogP contribution in [0.4, 0.5) is 23.4 Å². The van der Waals surface area contributed by atoms with E-state index < -0.39 is 36.3 Å². The zero-order chi connectivity index (χ0) is 33.3. The molecule has 47 heavy (non-hydrogen) atoms. The van der Waals surface area contributed by atoms with Crippen molar-refractivity contribution in [3.05, 3.63) is 113 Å². The van der Waals surface area contributed by atoms with Crippen LogP contribution in [0.2, 0.25) is 5.02 Å². The Balaban J connectivity index is 1.29. The molecule has 7 nitrogen and oxygen atoms in total. The van der Waals surface area contributed by atoms with E-state index in [1.54, 1.807) is 36.4 Å². The van der Waals surface area contributed by atoms with Gasteiger partial charge in [0.25, 0.3) is 11.8 Å². The number of nitrogens with one attached hydrogen (secondary N) is 1. The van der Waals surface area contributed by atoms with E-state index >= 15 is 4.39 Å². The number of alkyl halides is 2. The van der Waals surface area contributed by atoms with Crippen molar-refractivity contribution in [3.63, 3.8) is 0 Å². The fourth-order valence-corrected chi connectivity index (χ4v) is 5.53. The maximum Gasteiger partial charge on any atom is 0.253 e. The topological polar surface area (TPSA) is 101 Å². The fourth-order valence-electron chi connectivity index (χ4n) is 5.35. The van der Waals surface area contributed by atoms with Gasteiger partial charge < -0.3 is 20.4 Å². The van der Waals surface area contributed by atoms with E-state index in [2.05, 4.69) is 10.3 Å². The van der Waals surface area contributed by atoms with Gasteiger partial charge in [0.15, 0.2) is 0 Å². The van der Waals surface area contributed by atoms with Gasteiger partial charge in [0, 0.05) is 60.3 Å². The van der Waals surface area contributed by atoms with Gasteiger partial charge in [0.2, 0.25) is 5.91 Å². The molecule has 5 aromatic rings. The zero-order valence-electron chi connectivity index (χ0n) is 24.7. The number of nitrogens with two attached hydrogens (primary N) is 1. The monoisotopic (exact) mass is 662 g/mol. The molecule has 1 aliphatic heterocycles. The zero-order valence-corrected chi connectivity index (χ0v) is 25.5. The van der Waals surface area contributed by atoms with E-state index in [0.29, 0.717) is 44.8 Å². The average Bonchev–Trinajstić information content (AvgIpc) is 3.47. The van der Waals surface area contributed by atoms with Crippen molar-refractivity contribution in [2.45, 2.75) is 25.3 Å². The maximum atomic E-state index is 15.6. The van der Waals surface area contributed by atoms with Gasteiger partial charge in [0.1, 0.15) is 28.8 Å². The minimum absolute atomic E-state index is 0.0321. The van der Waals surface area contributed by atoms with E-state index in [0.717, 1.165) is 6.07 Å². The Morgan fingerprint density at radius 3 is 2.45 bits per heavy atom. The number of pyridine rings is 1. The standard InChI is InChI=1S/C35H27ClF4N4O3/c36-28-16-21(4-6-29(28)37)27-15-23(26-5-3-22(17-30(26)38)34(46)44-11-9-35(39,40)10-12-44)13-24-14-25(47-33(24)27)19-43-32(45)8-2-20-1-7-31(41)42-18-20/h1-8,13-18H,9-12,19H2,(H2,41,42)(H,43,45). The van der Waals surface area contributed by atoms with Crippen molar-refractivity contribution in [2.75, 3.05) is 18.8 Å². The predicted molar refractivity (Wildman–Crippen MR) is 172 cm³/mol. The van der Waals surface area contributed by atoms with Crippen molar-refractivity contribution in [2.24, 2.45) is 0 Å². The minimum Gasteiger partial charge on any atom is -0.459 e. The molecule has 3 N–H and O–H groups in total. The number of fused-ring (bicyclic) bond motifs is 1. The number of carbonyl (C=O) groups is 2. The lowest BCUT2D eigenvalue weighted by Gasteiger charge is -2.31. The van der Waals surface area contributed by atoms with E-state index in [4.69, 9.17) is 21.8 Å². The summed E-state index contributed by atoms with van der Waals surface area (Å²) in [4.78, 5) is 30.7. The van der Waals surface area contributed by atoms with Crippen LogP contribution >= 0.6 is 11.6 Å². The highest BCUT2D eigenvalue weighted by Gasteiger charge is 2.36. The summed E-state index contributed by atoms with van der Waals surface area (Å²) in [6.45, 7) is -0.200. The molecular weight excluding hydrogens is 636 g/mol. The first-order chi connectivity index (χ1) is 22.5. The molecule has 2 aromatic heterocycles. The summed E-state index contributed by atoms with van der Waals surface area (Å²) < 4.78 is 62.9. The molecule has 1 aliphatic rings. The third-order valence-electron chi connectivity index (χ3n) is 7.88. The smallest absolute Gasteiger partial charge is 0.253 e. The van der Waals surface area contributed by atoms with Crippen molar-refractivity contribution in [1.82, 2.24) is 15.2 Å². The molecule has 1 fully saturated rings. The molecule has 0 spiro atoms. The number of furan rings is 1. The highest BCUT2D eigenvalue weighted by atomic mass is 35.5. The Bertz CT molecular complexity index is 2020. The first-order valence-electron chi connectivity index (χ1n) is 14.6. The van der Waals surface area contributed by atoms with Crippen LogP contribution in [-0.2, 0) is 11.3 Å². The van der Waals surface area contributed by atoms with Gasteiger partial charge in [-0.1, -0.05) is 23.7 Å². The largest absolute Gasteiger partial charge is 0.459 e. The lowest BCUT2D eigenvalue weighted by Crippen LogP contribution is -2.42. The Morgan fingerprint density at radius 2 is 1.74 bits per heavy atom. The number of aromatic nitrogens is 1. The van der Waals surface area contributed by atoms with Crippen LogP contribution in [0.25, 0.3) is 39.3 Å². The molecule has 3 aromatic carbocycles. The van der Waals surface area contributed by atoms with Crippen molar-refractivity contribution >= 4 is 46.3 Å². The highest BCUT2D eigenvalue weighted by Crippen LogP contribution is 2.38. The van der Waals surface area contributed by atoms with Crippen LogP contribution in [-0.4, -0.2) is 40.7 Å². The van der Waals surface area contributed by atoms with Crippen molar-refractivity contribution in [1.29, 1.82) is 0 Å². The molecule has 6 rings (SSSR count). The van der Waals surface area contributed by atoms with Gasteiger partial charge in [0.05, 0.1) is 11.6 Å². The summed E-state index contributed by atoms with van der Waals surface area (Å²) in [7, 11) is 0. The maximum absolute atomic E-state index is 15.6. The number of carbonyl (C=O) groups excluding carboxylic acids is 2. The van der Waals surface area contributed by atoms with Gasteiger partial charge in [-0.25, -0.2) is 22.5 Å². The first-order valence-corrected chi connectivity index (χ1v) is 15.0. The number of nitrogens with zero attached hydrogens (tertiary/aromatic N) is 2. The number of amides is 2. The lowest BCUT2D eigenvalue weighted by molar-refractivity contribution is -0.116. The predicted octanol–water partition coefficient (Wildman–Crippen LogP) is 7.88. The van der Waals surface area contributed by atoms with Crippen LogP contribution in [0.15, 0.2) is 83.4 Å². The number of anilines is 1. The minimum atomic E-state index is -2.82. The molecule has 12 heteroatoms. The number of hydrogen-bond acceptors (Lipinski definition) is 5. The molecule has 3 heterocycles. The second-order valence-corrected chi connectivity index (χ2v) is 11.6. The third-order valence-corrected chi connectivity index (χ3v) is 8.17. The number of nitrogen functional groups attached to an aromatic ring is 1. The summed E-state index contributed by atoms with van der Waals surface area (Å²) in [5.41, 5.74) is 8.31. The van der Waals surface area contributed by atoms with E-state index in [1.807, 2.05) is 0 Å². The van der Waals surface area contributed by atoms with Crippen LogP contribution < -0.4 is 11.1 Å². The molecular formula is C35H27ClF4N4O3. The Morgan fingerprint density at radius 1 is 0.957 bits per heavy atom. The van der Waals surface area contributed by atoms with E-state index in [9.17, 15) is 22.8 Å². The SMILES string of the molecule is Nc1ccc(C=CC(=O)NCc2cc3cc(-c4ccc(C(=O)N5CCC(F)(F)CC5)cc4F)cc(-c4ccc(F)c(Cl)c4)c3o2)cn1. The summed E-state index contributed by atoms with van der Waals surface area (Å²) in [6.07, 6.45) is 3.58. The summed E-state index contributed by atoms with van der Waals surface area (Å²) >= 11 is 6.09. The van der Waals surface area contributed by atoms with Crippen LogP contribution in [0.3, 0.4) is 0 Å². The molecule has 1 saturated heterocycles. The Hall–Kier alpha value is -5.16. The molecule has 0 saturated carbocycles. The molecule has 0 unspecified atom stereocenters. The molecule has 240 valence electrons. The average molecular weight is 663 g/mol. The summed E-state index contributed by atoms with van der Waals surface area (Å²) in [6, 6.07) is 16.5. The first kappa shape index (κ1) is 31.8. The van der Waals surface area contributed by atoms with E-state index in [-0.39, 0.29) is 41.7 Å². The van der Waals surface area contributed by atoms with Crippen LogP contribution in [0, 0.1) is 11.6 Å². The van der Waals surface area contributed by atoms with E-state index in [1.165, 1.54) is 47.5 Å². The van der Waals surface area contributed by atoms with Gasteiger partial charge in [-0.15, -0.1) is 0 Å². The van der Waals surface area contributed by atoms with Crippen LogP contribution in [0.1, 0.15) is 34.5 Å². The summed E-state index contributed by atoms with van der Waals surface area (Å²) in [5.74, 6) is -4.27. The second-order valence-electron chi connectivity index (χ2n) is 11.2. The van der Waals surface area contributed by atoms with Gasteiger partial charge in [-0.3, -0.25) is 9.59 Å². The van der Waals surface area contributed by atoms with Gasteiger partial charge >= 0.3 is 0 Å².